The summed E-state index contributed by atoms with van der Waals surface area (Å²) >= 11 is 0. The first-order valence-corrected chi connectivity index (χ1v) is 3.91. The predicted octanol–water partition coefficient (Wildman–Crippen LogP) is 0.849. The lowest BCUT2D eigenvalue weighted by Crippen LogP contribution is -2.05. The minimum Gasteiger partial charge on any atom is -0.504 e. The Balaban J connectivity index is 3.45. The van der Waals surface area contributed by atoms with Crippen molar-refractivity contribution in [1.82, 2.24) is 0 Å². The van der Waals surface area contributed by atoms with Crippen LogP contribution in [0.25, 0.3) is 0 Å². The van der Waals surface area contributed by atoms with E-state index in [2.05, 4.69) is 0 Å². The van der Waals surface area contributed by atoms with Crippen molar-refractivity contribution in [3.63, 3.8) is 0 Å². The standard InChI is InChI=1S/C9H10O5/c1-4(10)7-5(9(13)14)2-3-6(11)8(7)12/h2-4,10-12H,1H3,(H,13,14). The molecule has 1 unspecified atom stereocenters. The van der Waals surface area contributed by atoms with Crippen molar-refractivity contribution in [2.75, 3.05) is 0 Å². The van der Waals surface area contributed by atoms with Gasteiger partial charge in [-0.25, -0.2) is 4.79 Å². The zero-order chi connectivity index (χ0) is 10.9. The van der Waals surface area contributed by atoms with Gasteiger partial charge in [0, 0.05) is 5.56 Å². The third kappa shape index (κ3) is 1.62. The molecule has 0 fully saturated rings. The molecule has 0 aliphatic heterocycles. The van der Waals surface area contributed by atoms with E-state index in [0.717, 1.165) is 12.1 Å². The fraction of sp³-hybridized carbons (Fsp3) is 0.222. The van der Waals surface area contributed by atoms with E-state index in [4.69, 9.17) is 10.2 Å². The second kappa shape index (κ2) is 3.55. The van der Waals surface area contributed by atoms with Crippen LogP contribution in [0.15, 0.2) is 12.1 Å². The monoisotopic (exact) mass is 198 g/mol. The number of aliphatic hydroxyl groups excluding tert-OH is 1. The first-order valence-electron chi connectivity index (χ1n) is 3.91. The number of carbonyl (C=O) groups is 1. The van der Waals surface area contributed by atoms with Crippen molar-refractivity contribution in [2.24, 2.45) is 0 Å². The summed E-state index contributed by atoms with van der Waals surface area (Å²) in [6, 6.07) is 2.18. The molecule has 14 heavy (non-hydrogen) atoms. The van der Waals surface area contributed by atoms with Crippen LogP contribution in [0.4, 0.5) is 0 Å². The molecule has 0 saturated carbocycles. The lowest BCUT2D eigenvalue weighted by Gasteiger charge is -2.11. The van der Waals surface area contributed by atoms with Crippen molar-refractivity contribution in [3.8, 4) is 11.5 Å². The van der Waals surface area contributed by atoms with E-state index in [1.807, 2.05) is 0 Å². The van der Waals surface area contributed by atoms with Crippen molar-refractivity contribution >= 4 is 5.97 Å². The molecule has 0 radical (unpaired) electrons. The smallest absolute Gasteiger partial charge is 0.336 e. The van der Waals surface area contributed by atoms with E-state index < -0.39 is 23.6 Å². The molecule has 0 aromatic heterocycles. The highest BCUT2D eigenvalue weighted by atomic mass is 16.4. The fourth-order valence-corrected chi connectivity index (χ4v) is 1.21. The number of aliphatic hydroxyl groups is 1. The Morgan fingerprint density at radius 3 is 2.36 bits per heavy atom. The number of phenols is 2. The number of carboxylic acids is 1. The summed E-state index contributed by atoms with van der Waals surface area (Å²) in [5, 5.41) is 36.4. The van der Waals surface area contributed by atoms with Crippen LogP contribution in [-0.4, -0.2) is 26.4 Å². The van der Waals surface area contributed by atoms with E-state index in [1.165, 1.54) is 6.92 Å². The molecular formula is C9H10O5. The Bertz CT molecular complexity index is 370. The Morgan fingerprint density at radius 2 is 1.93 bits per heavy atom. The maximum Gasteiger partial charge on any atom is 0.336 e. The van der Waals surface area contributed by atoms with Gasteiger partial charge in [-0.15, -0.1) is 0 Å². The molecule has 4 N–H and O–H groups in total. The van der Waals surface area contributed by atoms with Crippen LogP contribution in [0.2, 0.25) is 0 Å². The van der Waals surface area contributed by atoms with Gasteiger partial charge in [0.05, 0.1) is 11.7 Å². The van der Waals surface area contributed by atoms with Gasteiger partial charge < -0.3 is 20.4 Å². The van der Waals surface area contributed by atoms with E-state index in [0.29, 0.717) is 0 Å². The van der Waals surface area contributed by atoms with Gasteiger partial charge in [0.2, 0.25) is 0 Å². The molecule has 0 amide bonds. The van der Waals surface area contributed by atoms with Gasteiger partial charge >= 0.3 is 5.97 Å². The summed E-state index contributed by atoms with van der Waals surface area (Å²) in [6.07, 6.45) is -1.16. The molecule has 0 aliphatic carbocycles. The number of aromatic carboxylic acids is 1. The molecule has 5 heteroatoms. The molecule has 0 aliphatic rings. The SMILES string of the molecule is CC(O)c1c(C(=O)O)ccc(O)c1O. The van der Waals surface area contributed by atoms with Gasteiger partial charge in [-0.2, -0.15) is 0 Å². The highest BCUT2D eigenvalue weighted by Gasteiger charge is 2.20. The van der Waals surface area contributed by atoms with Gasteiger partial charge in [-0.05, 0) is 19.1 Å². The lowest BCUT2D eigenvalue weighted by molar-refractivity contribution is 0.0689. The third-order valence-corrected chi connectivity index (χ3v) is 1.84. The average molecular weight is 198 g/mol. The summed E-state index contributed by atoms with van der Waals surface area (Å²) in [7, 11) is 0. The lowest BCUT2D eigenvalue weighted by atomic mass is 10.0. The number of carboxylic acid groups (broad SMARTS) is 1. The Morgan fingerprint density at radius 1 is 1.36 bits per heavy atom. The molecule has 0 spiro atoms. The van der Waals surface area contributed by atoms with Crippen molar-refractivity contribution < 1.29 is 25.2 Å². The van der Waals surface area contributed by atoms with E-state index in [1.54, 1.807) is 0 Å². The Kier molecular flexibility index (Phi) is 2.62. The molecule has 1 aromatic rings. The third-order valence-electron chi connectivity index (χ3n) is 1.84. The summed E-state index contributed by atoms with van der Waals surface area (Å²) < 4.78 is 0. The molecule has 5 nitrogen and oxygen atoms in total. The number of benzene rings is 1. The second-order valence-electron chi connectivity index (χ2n) is 2.88. The summed E-state index contributed by atoms with van der Waals surface area (Å²) in [5.41, 5.74) is -0.409. The Hall–Kier alpha value is -1.75. The van der Waals surface area contributed by atoms with Gasteiger partial charge in [0.25, 0.3) is 0 Å². The highest BCUT2D eigenvalue weighted by Crippen LogP contribution is 2.35. The summed E-state index contributed by atoms with van der Waals surface area (Å²) in [5.74, 6) is -2.32. The number of phenolic OH excluding ortho intramolecular Hbond substituents is 2. The van der Waals surface area contributed by atoms with Crippen molar-refractivity contribution in [2.45, 2.75) is 13.0 Å². The summed E-state index contributed by atoms with van der Waals surface area (Å²) in [4.78, 5) is 10.7. The second-order valence-corrected chi connectivity index (χ2v) is 2.88. The van der Waals surface area contributed by atoms with E-state index >= 15 is 0 Å². The number of rotatable bonds is 2. The van der Waals surface area contributed by atoms with Gasteiger partial charge in [-0.3, -0.25) is 0 Å². The first kappa shape index (κ1) is 10.3. The molecule has 0 bridgehead atoms. The minimum absolute atomic E-state index is 0.183. The topological polar surface area (TPSA) is 98.0 Å². The van der Waals surface area contributed by atoms with Crippen LogP contribution >= 0.6 is 0 Å². The Labute approximate surface area is 79.9 Å². The van der Waals surface area contributed by atoms with Crippen LogP contribution in [0.3, 0.4) is 0 Å². The molecule has 0 saturated heterocycles. The molecule has 0 heterocycles. The summed E-state index contributed by atoms with van der Waals surface area (Å²) in [6.45, 7) is 1.31. The molecule has 76 valence electrons. The van der Waals surface area contributed by atoms with E-state index in [9.17, 15) is 15.0 Å². The number of hydrogen-bond donors (Lipinski definition) is 4. The predicted molar refractivity (Wildman–Crippen MR) is 47.4 cm³/mol. The van der Waals surface area contributed by atoms with Crippen LogP contribution in [-0.2, 0) is 0 Å². The molecule has 1 rings (SSSR count). The van der Waals surface area contributed by atoms with Crippen LogP contribution < -0.4 is 0 Å². The zero-order valence-corrected chi connectivity index (χ0v) is 7.43. The quantitative estimate of drug-likeness (QED) is 0.528. The largest absolute Gasteiger partial charge is 0.504 e. The van der Waals surface area contributed by atoms with Crippen LogP contribution in [0.5, 0.6) is 11.5 Å². The maximum atomic E-state index is 10.7. The van der Waals surface area contributed by atoms with E-state index in [-0.39, 0.29) is 11.1 Å². The van der Waals surface area contributed by atoms with Crippen molar-refractivity contribution in [1.29, 1.82) is 0 Å². The number of aromatic hydroxyl groups is 2. The highest BCUT2D eigenvalue weighted by molar-refractivity contribution is 5.90. The molecule has 1 atom stereocenters. The van der Waals surface area contributed by atoms with Gasteiger partial charge in [0.1, 0.15) is 0 Å². The fourth-order valence-electron chi connectivity index (χ4n) is 1.21. The number of hydrogen-bond acceptors (Lipinski definition) is 4. The van der Waals surface area contributed by atoms with Gasteiger partial charge in [0.15, 0.2) is 11.5 Å². The van der Waals surface area contributed by atoms with Crippen molar-refractivity contribution in [3.05, 3.63) is 23.3 Å². The zero-order valence-electron chi connectivity index (χ0n) is 7.43. The van der Waals surface area contributed by atoms with Crippen LogP contribution in [0, 0.1) is 0 Å². The average Bonchev–Trinajstić information content (AvgIpc) is 2.08. The molecule has 1 aromatic carbocycles. The van der Waals surface area contributed by atoms with Crippen LogP contribution in [0.1, 0.15) is 28.9 Å². The maximum absolute atomic E-state index is 10.7. The normalized spacial score (nSPS) is 12.4. The first-order chi connectivity index (χ1) is 6.45. The molecular weight excluding hydrogens is 188 g/mol. The van der Waals surface area contributed by atoms with Gasteiger partial charge in [-0.1, -0.05) is 0 Å². The minimum atomic E-state index is -1.27.